The fourth-order valence-electron chi connectivity index (χ4n) is 2.61. The molecule has 1 unspecified atom stereocenters. The van der Waals surface area contributed by atoms with E-state index in [9.17, 15) is 28.8 Å². The third-order valence-corrected chi connectivity index (χ3v) is 4.26. The van der Waals surface area contributed by atoms with Crippen LogP contribution in [0.4, 0.5) is 4.79 Å². The van der Waals surface area contributed by atoms with Crippen LogP contribution in [-0.4, -0.2) is 66.5 Å². The van der Waals surface area contributed by atoms with Crippen LogP contribution in [-0.2, 0) is 24.0 Å². The van der Waals surface area contributed by atoms with E-state index >= 15 is 0 Å². The summed E-state index contributed by atoms with van der Waals surface area (Å²) in [5.74, 6) is -1.40. The molecule has 11 heteroatoms. The molecule has 0 fully saturated rings. The van der Waals surface area contributed by atoms with Gasteiger partial charge in [0.15, 0.2) is 5.78 Å². The lowest BCUT2D eigenvalue weighted by Gasteiger charge is -2.16. The van der Waals surface area contributed by atoms with Gasteiger partial charge in [-0.15, -0.1) is 0 Å². The Morgan fingerprint density at radius 1 is 1.00 bits per heavy atom. The largest absolute Gasteiger partial charge is 0.352 e. The molecular weight excluding hydrogens is 406 g/mol. The summed E-state index contributed by atoms with van der Waals surface area (Å²) in [5.41, 5.74) is 4.95. The van der Waals surface area contributed by atoms with Gasteiger partial charge in [0.1, 0.15) is 0 Å². The van der Waals surface area contributed by atoms with Crippen molar-refractivity contribution in [1.82, 2.24) is 20.9 Å². The Morgan fingerprint density at radius 3 is 2.29 bits per heavy atom. The van der Waals surface area contributed by atoms with Crippen LogP contribution in [0.3, 0.4) is 0 Å². The van der Waals surface area contributed by atoms with Crippen LogP contribution in [0.25, 0.3) is 0 Å². The molecule has 174 valence electrons. The van der Waals surface area contributed by atoms with Crippen LogP contribution in [0.5, 0.6) is 0 Å². The summed E-state index contributed by atoms with van der Waals surface area (Å²) < 4.78 is 0. The van der Waals surface area contributed by atoms with E-state index in [2.05, 4.69) is 16.0 Å². The van der Waals surface area contributed by atoms with E-state index in [4.69, 9.17) is 5.73 Å². The zero-order valence-corrected chi connectivity index (χ0v) is 18.1. The van der Waals surface area contributed by atoms with E-state index < -0.39 is 18.0 Å². The molecular formula is C20H33N5O6. The number of amides is 6. The molecule has 0 saturated carbocycles. The molecule has 0 bridgehead atoms. The number of primary amides is 1. The molecule has 0 spiro atoms. The molecule has 0 saturated heterocycles. The van der Waals surface area contributed by atoms with Gasteiger partial charge in [-0.2, -0.15) is 0 Å². The summed E-state index contributed by atoms with van der Waals surface area (Å²) in [5, 5.41) is 7.44. The molecule has 0 rings (SSSR count). The number of nitrogens with two attached hydrogens (primary N) is 1. The minimum atomic E-state index is -0.704. The molecule has 0 aliphatic carbocycles. The molecule has 5 N–H and O–H groups in total. The number of carbonyl (C=O) groups excluding carboxylic acids is 6. The smallest absolute Gasteiger partial charge is 0.312 e. The number of hydrogen-bond acceptors (Lipinski definition) is 6. The second-order valence-corrected chi connectivity index (χ2v) is 6.89. The number of urea groups is 1. The van der Waals surface area contributed by atoms with Gasteiger partial charge < -0.3 is 21.7 Å². The number of hydrogen-bond donors (Lipinski definition) is 4. The highest BCUT2D eigenvalue weighted by molar-refractivity contribution is 5.94. The first-order valence-corrected chi connectivity index (χ1v) is 10.2. The van der Waals surface area contributed by atoms with Crippen molar-refractivity contribution in [1.29, 1.82) is 0 Å². The Labute approximate surface area is 182 Å². The van der Waals surface area contributed by atoms with Crippen molar-refractivity contribution >= 4 is 35.9 Å². The van der Waals surface area contributed by atoms with Crippen LogP contribution in [0.1, 0.15) is 52.4 Å². The van der Waals surface area contributed by atoms with Crippen LogP contribution in [0.2, 0.25) is 0 Å². The maximum absolute atomic E-state index is 12.0. The average molecular weight is 440 g/mol. The molecule has 0 aromatic heterocycles. The number of unbranched alkanes of at least 4 members (excludes halogenated alkanes) is 2. The summed E-state index contributed by atoms with van der Waals surface area (Å²) in [7, 11) is 0. The molecule has 6 amide bonds. The predicted molar refractivity (Wildman–Crippen MR) is 114 cm³/mol. The van der Waals surface area contributed by atoms with Crippen LogP contribution in [0.15, 0.2) is 12.2 Å². The summed E-state index contributed by atoms with van der Waals surface area (Å²) >= 11 is 0. The molecule has 0 aromatic carbocycles. The van der Waals surface area contributed by atoms with Crippen molar-refractivity contribution in [3.05, 3.63) is 12.2 Å². The number of rotatable bonds is 16. The summed E-state index contributed by atoms with van der Waals surface area (Å²) in [6.45, 7) is 3.35. The number of Topliss-reactive ketones (excluding diaryl/α,β-unsaturated/α-hetero) is 1. The lowest BCUT2D eigenvalue weighted by atomic mass is 10.1. The SMILES string of the molecule is C/C=C\C(=O)N(C=O)CCCCCC(=O)NCC(=O)NC(CCCNC(N)=O)C(C)=O. The second kappa shape index (κ2) is 16.5. The lowest BCUT2D eigenvalue weighted by Crippen LogP contribution is -2.45. The van der Waals surface area contributed by atoms with Gasteiger partial charge in [-0.3, -0.25) is 28.9 Å². The standard InChI is InChI=1S/C20H33N5O6/c1-3-8-19(30)25(14-26)12-6-4-5-10-17(28)23-13-18(29)24-16(15(2)27)9-7-11-22-20(21)31/h3,8,14,16H,4-7,9-13H2,1-2H3,(H,23,28)(H,24,29)(H3,21,22,31)/b8-3-. The minimum absolute atomic E-state index is 0.200. The van der Waals surface area contributed by atoms with Gasteiger partial charge in [0, 0.05) is 19.5 Å². The summed E-state index contributed by atoms with van der Waals surface area (Å²) in [6, 6.07) is -1.36. The highest BCUT2D eigenvalue weighted by atomic mass is 16.2. The Morgan fingerprint density at radius 2 is 1.71 bits per heavy atom. The Hall–Kier alpha value is -3.24. The van der Waals surface area contributed by atoms with Crippen LogP contribution >= 0.6 is 0 Å². The van der Waals surface area contributed by atoms with Gasteiger partial charge in [-0.25, -0.2) is 4.79 Å². The highest BCUT2D eigenvalue weighted by Gasteiger charge is 2.17. The van der Waals surface area contributed by atoms with E-state index in [1.807, 2.05) is 0 Å². The molecule has 31 heavy (non-hydrogen) atoms. The van der Waals surface area contributed by atoms with Gasteiger partial charge in [0.2, 0.25) is 18.2 Å². The van der Waals surface area contributed by atoms with Crippen molar-refractivity contribution in [3.63, 3.8) is 0 Å². The van der Waals surface area contributed by atoms with Gasteiger partial charge in [-0.1, -0.05) is 12.5 Å². The van der Waals surface area contributed by atoms with E-state index in [0.29, 0.717) is 45.1 Å². The van der Waals surface area contributed by atoms with Crippen molar-refractivity contribution in [2.24, 2.45) is 5.73 Å². The maximum atomic E-state index is 12.0. The Bertz CT molecular complexity index is 664. The second-order valence-electron chi connectivity index (χ2n) is 6.89. The van der Waals surface area contributed by atoms with Crippen molar-refractivity contribution in [2.75, 3.05) is 19.6 Å². The highest BCUT2D eigenvalue weighted by Crippen LogP contribution is 2.02. The Kier molecular flexibility index (Phi) is 14.8. The molecule has 1 atom stereocenters. The predicted octanol–water partition coefficient (Wildman–Crippen LogP) is -0.254. The van der Waals surface area contributed by atoms with Crippen molar-refractivity contribution in [2.45, 2.75) is 58.4 Å². The van der Waals surface area contributed by atoms with E-state index in [-0.39, 0.29) is 37.1 Å². The molecule has 0 radical (unpaired) electrons. The zero-order valence-electron chi connectivity index (χ0n) is 18.1. The fourth-order valence-corrected chi connectivity index (χ4v) is 2.61. The average Bonchev–Trinajstić information content (AvgIpc) is 2.71. The number of allylic oxidation sites excluding steroid dienone is 1. The summed E-state index contributed by atoms with van der Waals surface area (Å²) in [4.78, 5) is 69.6. The van der Waals surface area contributed by atoms with Gasteiger partial charge in [0.05, 0.1) is 12.6 Å². The molecule has 0 aromatic rings. The minimum Gasteiger partial charge on any atom is -0.352 e. The number of ketones is 1. The van der Waals surface area contributed by atoms with Gasteiger partial charge >= 0.3 is 6.03 Å². The summed E-state index contributed by atoms with van der Waals surface area (Å²) in [6.07, 6.45) is 6.09. The van der Waals surface area contributed by atoms with Gasteiger partial charge in [0.25, 0.3) is 5.91 Å². The quantitative estimate of drug-likeness (QED) is 0.147. The zero-order chi connectivity index (χ0) is 23.6. The first-order valence-electron chi connectivity index (χ1n) is 10.2. The molecule has 11 nitrogen and oxygen atoms in total. The monoisotopic (exact) mass is 439 g/mol. The lowest BCUT2D eigenvalue weighted by molar-refractivity contribution is -0.134. The van der Waals surface area contributed by atoms with E-state index in [1.54, 1.807) is 13.0 Å². The van der Waals surface area contributed by atoms with Gasteiger partial charge in [-0.05, 0) is 45.6 Å². The Balaban J connectivity index is 4.07. The maximum Gasteiger partial charge on any atom is 0.312 e. The topological polar surface area (TPSA) is 168 Å². The molecule has 0 aliphatic heterocycles. The molecule has 0 aliphatic rings. The van der Waals surface area contributed by atoms with E-state index in [0.717, 1.165) is 4.90 Å². The van der Waals surface area contributed by atoms with Crippen molar-refractivity contribution < 1.29 is 28.8 Å². The van der Waals surface area contributed by atoms with Crippen LogP contribution in [0, 0.1) is 0 Å². The molecule has 0 heterocycles. The third-order valence-electron chi connectivity index (χ3n) is 4.26. The normalized spacial score (nSPS) is 11.4. The number of imide groups is 1. The third kappa shape index (κ3) is 14.4. The van der Waals surface area contributed by atoms with Crippen LogP contribution < -0.4 is 21.7 Å². The van der Waals surface area contributed by atoms with E-state index in [1.165, 1.54) is 13.0 Å². The fraction of sp³-hybridized carbons (Fsp3) is 0.600. The number of nitrogens with zero attached hydrogens (tertiary/aromatic N) is 1. The first kappa shape index (κ1) is 27.8. The first-order chi connectivity index (χ1) is 14.7. The number of nitrogens with one attached hydrogen (secondary N) is 3. The van der Waals surface area contributed by atoms with Crippen molar-refractivity contribution in [3.8, 4) is 0 Å². The number of carbonyl (C=O) groups is 6.